The van der Waals surface area contributed by atoms with Crippen LogP contribution in [0.5, 0.6) is 0 Å². The van der Waals surface area contributed by atoms with Gasteiger partial charge in [0.1, 0.15) is 0 Å². The summed E-state index contributed by atoms with van der Waals surface area (Å²) >= 11 is 0. The van der Waals surface area contributed by atoms with Gasteiger partial charge in [-0.3, -0.25) is 0 Å². The predicted octanol–water partition coefficient (Wildman–Crippen LogP) is 3.15. The first-order valence-electron chi connectivity index (χ1n) is 7.06. The van der Waals surface area contributed by atoms with Gasteiger partial charge in [0.05, 0.1) is 18.8 Å². The van der Waals surface area contributed by atoms with Gasteiger partial charge in [0.25, 0.3) is 0 Å². The first kappa shape index (κ1) is 13.6. The lowest BCUT2D eigenvalue weighted by molar-refractivity contribution is 0.141. The van der Waals surface area contributed by atoms with Crippen molar-refractivity contribution in [3.63, 3.8) is 0 Å². The summed E-state index contributed by atoms with van der Waals surface area (Å²) in [5, 5.41) is 10.1. The van der Waals surface area contributed by atoms with E-state index < -0.39 is 0 Å². The summed E-state index contributed by atoms with van der Waals surface area (Å²) in [4.78, 5) is 0. The average molecular weight is 251 g/mol. The summed E-state index contributed by atoms with van der Waals surface area (Å²) in [7, 11) is 1.77. The molecule has 1 aromatic heterocycles. The molecular weight excluding hydrogens is 226 g/mol. The molecule has 1 aliphatic rings. The summed E-state index contributed by atoms with van der Waals surface area (Å²) < 4.78 is 7.78. The Kier molecular flexibility index (Phi) is 4.46. The van der Waals surface area contributed by atoms with Gasteiger partial charge < -0.3 is 14.4 Å². The number of hydrogen-bond acceptors (Lipinski definition) is 2. The minimum Gasteiger partial charge on any atom is -0.388 e. The number of aliphatic hydroxyl groups is 1. The summed E-state index contributed by atoms with van der Waals surface area (Å²) in [5.74, 6) is 0. The molecule has 0 aromatic carbocycles. The van der Waals surface area contributed by atoms with E-state index in [0.29, 0.717) is 6.04 Å². The zero-order valence-electron chi connectivity index (χ0n) is 11.8. The van der Waals surface area contributed by atoms with Gasteiger partial charge in [-0.05, 0) is 38.7 Å². The molecule has 0 saturated heterocycles. The van der Waals surface area contributed by atoms with Crippen LogP contribution in [0.2, 0.25) is 0 Å². The SMILES string of the molecule is CCCC(COC)n1c(C)cc2c1CCCC2O. The van der Waals surface area contributed by atoms with Crippen LogP contribution in [0.1, 0.15) is 61.7 Å². The Morgan fingerprint density at radius 1 is 1.56 bits per heavy atom. The van der Waals surface area contributed by atoms with Crippen LogP contribution in [0.3, 0.4) is 0 Å². The van der Waals surface area contributed by atoms with Gasteiger partial charge in [-0.15, -0.1) is 0 Å². The molecular formula is C15H25NO2. The van der Waals surface area contributed by atoms with Crippen molar-refractivity contribution in [2.75, 3.05) is 13.7 Å². The minimum atomic E-state index is -0.265. The van der Waals surface area contributed by atoms with Crippen LogP contribution in [0.25, 0.3) is 0 Å². The molecule has 0 aliphatic heterocycles. The van der Waals surface area contributed by atoms with Crippen LogP contribution in [0.15, 0.2) is 6.07 Å². The highest BCUT2D eigenvalue weighted by Gasteiger charge is 2.25. The van der Waals surface area contributed by atoms with Crippen molar-refractivity contribution in [1.82, 2.24) is 4.57 Å². The fourth-order valence-corrected chi connectivity index (χ4v) is 3.22. The van der Waals surface area contributed by atoms with E-state index in [1.807, 2.05) is 0 Å². The van der Waals surface area contributed by atoms with Crippen LogP contribution in [-0.2, 0) is 11.2 Å². The second kappa shape index (κ2) is 5.89. The lowest BCUT2D eigenvalue weighted by Crippen LogP contribution is -2.20. The third-order valence-corrected chi connectivity index (χ3v) is 3.96. The average Bonchev–Trinajstić information content (AvgIpc) is 2.67. The molecule has 0 bridgehead atoms. The molecule has 0 spiro atoms. The molecule has 1 N–H and O–H groups in total. The number of aromatic nitrogens is 1. The van der Waals surface area contributed by atoms with Crippen molar-refractivity contribution >= 4 is 0 Å². The first-order valence-corrected chi connectivity index (χ1v) is 7.06. The number of rotatable bonds is 5. The maximum absolute atomic E-state index is 10.1. The fourth-order valence-electron chi connectivity index (χ4n) is 3.22. The molecule has 1 aliphatic carbocycles. The number of hydrogen-bond donors (Lipinski definition) is 1. The van der Waals surface area contributed by atoms with E-state index in [4.69, 9.17) is 4.74 Å². The number of ether oxygens (including phenoxy) is 1. The Bertz CT molecular complexity index is 391. The van der Waals surface area contributed by atoms with E-state index in [0.717, 1.165) is 44.3 Å². The molecule has 0 radical (unpaired) electrons. The third kappa shape index (κ3) is 2.47. The van der Waals surface area contributed by atoms with Crippen LogP contribution in [0, 0.1) is 6.92 Å². The van der Waals surface area contributed by atoms with Gasteiger partial charge in [0.2, 0.25) is 0 Å². The summed E-state index contributed by atoms with van der Waals surface area (Å²) in [6.45, 7) is 5.11. The summed E-state index contributed by atoms with van der Waals surface area (Å²) in [6.07, 6.45) is 5.10. The molecule has 3 nitrogen and oxygen atoms in total. The highest BCUT2D eigenvalue weighted by atomic mass is 16.5. The second-order valence-corrected chi connectivity index (χ2v) is 5.36. The largest absolute Gasteiger partial charge is 0.388 e. The van der Waals surface area contributed by atoms with Crippen molar-refractivity contribution < 1.29 is 9.84 Å². The van der Waals surface area contributed by atoms with Crippen molar-refractivity contribution in [3.8, 4) is 0 Å². The van der Waals surface area contributed by atoms with E-state index >= 15 is 0 Å². The van der Waals surface area contributed by atoms with Gasteiger partial charge in [-0.1, -0.05) is 13.3 Å². The Labute approximate surface area is 110 Å². The lowest BCUT2D eigenvalue weighted by atomic mass is 9.95. The van der Waals surface area contributed by atoms with Crippen LogP contribution in [0.4, 0.5) is 0 Å². The quantitative estimate of drug-likeness (QED) is 0.872. The minimum absolute atomic E-state index is 0.265. The Hall–Kier alpha value is -0.800. The molecule has 1 aromatic rings. The Balaban J connectivity index is 2.36. The van der Waals surface area contributed by atoms with E-state index in [1.165, 1.54) is 11.4 Å². The van der Waals surface area contributed by atoms with Crippen LogP contribution in [-0.4, -0.2) is 23.4 Å². The number of aliphatic hydroxyl groups excluding tert-OH is 1. The Morgan fingerprint density at radius 2 is 2.33 bits per heavy atom. The van der Waals surface area contributed by atoms with Crippen molar-refractivity contribution in [3.05, 3.63) is 23.0 Å². The molecule has 0 saturated carbocycles. The first-order chi connectivity index (χ1) is 8.69. The molecule has 3 heteroatoms. The number of nitrogens with zero attached hydrogens (tertiary/aromatic N) is 1. The molecule has 2 rings (SSSR count). The van der Waals surface area contributed by atoms with Gasteiger partial charge in [-0.25, -0.2) is 0 Å². The number of fused-ring (bicyclic) bond motifs is 1. The third-order valence-electron chi connectivity index (χ3n) is 3.96. The molecule has 18 heavy (non-hydrogen) atoms. The van der Waals surface area contributed by atoms with E-state index in [1.54, 1.807) is 7.11 Å². The fraction of sp³-hybridized carbons (Fsp3) is 0.733. The Morgan fingerprint density at radius 3 is 3.00 bits per heavy atom. The normalized spacial score (nSPS) is 20.8. The second-order valence-electron chi connectivity index (χ2n) is 5.36. The molecule has 2 unspecified atom stereocenters. The zero-order chi connectivity index (χ0) is 13.1. The monoisotopic (exact) mass is 251 g/mol. The molecule has 2 atom stereocenters. The lowest BCUT2D eigenvalue weighted by Gasteiger charge is -2.26. The van der Waals surface area contributed by atoms with Crippen molar-refractivity contribution in [2.45, 2.75) is 58.1 Å². The van der Waals surface area contributed by atoms with Crippen molar-refractivity contribution in [2.24, 2.45) is 0 Å². The number of aryl methyl sites for hydroxylation is 1. The zero-order valence-corrected chi connectivity index (χ0v) is 11.8. The maximum atomic E-state index is 10.1. The number of methoxy groups -OCH3 is 1. The molecule has 1 heterocycles. The van der Waals surface area contributed by atoms with Gasteiger partial charge >= 0.3 is 0 Å². The van der Waals surface area contributed by atoms with Crippen LogP contribution < -0.4 is 0 Å². The van der Waals surface area contributed by atoms with E-state index in [9.17, 15) is 5.11 Å². The van der Waals surface area contributed by atoms with E-state index in [-0.39, 0.29) is 6.10 Å². The predicted molar refractivity (Wildman–Crippen MR) is 72.9 cm³/mol. The topological polar surface area (TPSA) is 34.4 Å². The highest BCUT2D eigenvalue weighted by Crippen LogP contribution is 2.34. The van der Waals surface area contributed by atoms with Crippen LogP contribution >= 0.6 is 0 Å². The van der Waals surface area contributed by atoms with Gasteiger partial charge in [0, 0.05) is 24.1 Å². The summed E-state index contributed by atoms with van der Waals surface area (Å²) in [5.41, 5.74) is 3.74. The van der Waals surface area contributed by atoms with Crippen molar-refractivity contribution in [1.29, 1.82) is 0 Å². The smallest absolute Gasteiger partial charge is 0.0807 e. The van der Waals surface area contributed by atoms with Gasteiger partial charge in [-0.2, -0.15) is 0 Å². The maximum Gasteiger partial charge on any atom is 0.0807 e. The standard InChI is InChI=1S/C15H25NO2/c1-4-6-12(10-18-3)16-11(2)9-13-14(16)7-5-8-15(13)17/h9,12,15,17H,4-8,10H2,1-3H3. The van der Waals surface area contributed by atoms with E-state index in [2.05, 4.69) is 24.5 Å². The van der Waals surface area contributed by atoms with Gasteiger partial charge in [0.15, 0.2) is 0 Å². The molecule has 102 valence electrons. The molecule has 0 fully saturated rings. The molecule has 0 amide bonds. The highest BCUT2D eigenvalue weighted by molar-refractivity contribution is 5.32. The summed E-state index contributed by atoms with van der Waals surface area (Å²) in [6, 6.07) is 2.58.